The lowest BCUT2D eigenvalue weighted by Gasteiger charge is -2.32. The van der Waals surface area contributed by atoms with Gasteiger partial charge >= 0.3 is 5.69 Å². The van der Waals surface area contributed by atoms with Crippen molar-refractivity contribution in [3.05, 3.63) is 22.2 Å². The molecule has 1 aromatic rings. The van der Waals surface area contributed by atoms with Crippen LogP contribution in [-0.2, 0) is 0 Å². The fourth-order valence-electron chi connectivity index (χ4n) is 1.19. The van der Waals surface area contributed by atoms with Crippen molar-refractivity contribution in [2.45, 2.75) is 19.4 Å². The summed E-state index contributed by atoms with van der Waals surface area (Å²) < 4.78 is 0. The molecule has 0 aromatic carbocycles. The molecule has 18 heavy (non-hydrogen) atoms. The lowest BCUT2D eigenvalue weighted by atomic mass is 10.0. The van der Waals surface area contributed by atoms with Gasteiger partial charge in [0.2, 0.25) is 5.82 Å². The zero-order valence-electron chi connectivity index (χ0n) is 11.1. The van der Waals surface area contributed by atoms with E-state index in [2.05, 4.69) is 29.0 Å². The standard InChI is InChI=1S/C11H19N5O2/c1-11(2,15(3)4)7-13-9-6-5-8(16(17)18)10(12)14-9/h5-6H,7H2,1-4H3,(H3,12,13,14). The van der Waals surface area contributed by atoms with Gasteiger partial charge in [0.25, 0.3) is 0 Å². The molecule has 0 atom stereocenters. The number of aromatic nitrogens is 1. The Hall–Kier alpha value is -1.89. The molecule has 1 aromatic heterocycles. The highest BCUT2D eigenvalue weighted by Crippen LogP contribution is 2.21. The predicted molar refractivity (Wildman–Crippen MR) is 71.6 cm³/mol. The zero-order chi connectivity index (χ0) is 13.9. The number of nitro groups is 1. The molecule has 7 nitrogen and oxygen atoms in total. The molecule has 0 unspecified atom stereocenters. The number of rotatable bonds is 5. The second-order valence-corrected chi connectivity index (χ2v) is 4.92. The molecule has 0 aliphatic rings. The minimum atomic E-state index is -0.546. The fourth-order valence-corrected chi connectivity index (χ4v) is 1.19. The summed E-state index contributed by atoms with van der Waals surface area (Å²) in [7, 11) is 3.97. The van der Waals surface area contributed by atoms with Gasteiger partial charge in [0.05, 0.1) is 4.92 Å². The molecule has 7 heteroatoms. The van der Waals surface area contributed by atoms with Crippen molar-refractivity contribution in [2.75, 3.05) is 31.7 Å². The molecule has 0 saturated heterocycles. The van der Waals surface area contributed by atoms with Gasteiger partial charge < -0.3 is 16.0 Å². The molecule has 1 heterocycles. The van der Waals surface area contributed by atoms with Gasteiger partial charge in [-0.15, -0.1) is 0 Å². The summed E-state index contributed by atoms with van der Waals surface area (Å²) in [6.45, 7) is 4.81. The third-order valence-corrected chi connectivity index (χ3v) is 3.01. The second-order valence-electron chi connectivity index (χ2n) is 4.92. The van der Waals surface area contributed by atoms with Gasteiger partial charge in [-0.25, -0.2) is 4.98 Å². The van der Waals surface area contributed by atoms with Crippen molar-refractivity contribution in [1.29, 1.82) is 0 Å². The zero-order valence-corrected chi connectivity index (χ0v) is 11.1. The average molecular weight is 253 g/mol. The van der Waals surface area contributed by atoms with Crippen LogP contribution in [0.4, 0.5) is 17.3 Å². The highest BCUT2D eigenvalue weighted by Gasteiger charge is 2.20. The molecule has 0 bridgehead atoms. The summed E-state index contributed by atoms with van der Waals surface area (Å²) in [6, 6.07) is 2.91. The van der Waals surface area contributed by atoms with Crippen molar-refractivity contribution >= 4 is 17.3 Å². The Labute approximate surface area is 106 Å². The number of pyridine rings is 1. The van der Waals surface area contributed by atoms with Gasteiger partial charge in [0.15, 0.2) is 0 Å². The van der Waals surface area contributed by atoms with E-state index in [4.69, 9.17) is 5.73 Å². The van der Waals surface area contributed by atoms with Crippen molar-refractivity contribution in [1.82, 2.24) is 9.88 Å². The number of nitrogen functional groups attached to an aromatic ring is 1. The third kappa shape index (κ3) is 3.30. The van der Waals surface area contributed by atoms with Gasteiger partial charge in [-0.3, -0.25) is 10.1 Å². The second kappa shape index (κ2) is 5.18. The van der Waals surface area contributed by atoms with E-state index >= 15 is 0 Å². The molecule has 3 N–H and O–H groups in total. The van der Waals surface area contributed by atoms with Crippen molar-refractivity contribution in [2.24, 2.45) is 0 Å². The van der Waals surface area contributed by atoms with Crippen molar-refractivity contribution in [3.63, 3.8) is 0 Å². The number of hydrogen-bond donors (Lipinski definition) is 2. The lowest BCUT2D eigenvalue weighted by Crippen LogP contribution is -2.44. The van der Waals surface area contributed by atoms with E-state index in [-0.39, 0.29) is 17.0 Å². The van der Waals surface area contributed by atoms with Crippen LogP contribution in [-0.4, -0.2) is 41.0 Å². The third-order valence-electron chi connectivity index (χ3n) is 3.01. The van der Waals surface area contributed by atoms with Gasteiger partial charge in [0, 0.05) is 18.2 Å². The van der Waals surface area contributed by atoms with Crippen LogP contribution in [0.2, 0.25) is 0 Å². The lowest BCUT2D eigenvalue weighted by molar-refractivity contribution is -0.384. The van der Waals surface area contributed by atoms with Crippen LogP contribution in [0.15, 0.2) is 12.1 Å². The average Bonchev–Trinajstić information content (AvgIpc) is 2.25. The van der Waals surface area contributed by atoms with Crippen molar-refractivity contribution in [3.8, 4) is 0 Å². The molecule has 1 rings (SSSR count). The first-order valence-corrected chi connectivity index (χ1v) is 5.56. The first-order chi connectivity index (χ1) is 8.24. The smallest absolute Gasteiger partial charge is 0.311 e. The molecule has 0 aliphatic carbocycles. The molecule has 0 amide bonds. The van der Waals surface area contributed by atoms with E-state index in [1.54, 1.807) is 6.07 Å². The van der Waals surface area contributed by atoms with Crippen LogP contribution in [0.3, 0.4) is 0 Å². The van der Waals surface area contributed by atoms with Crippen LogP contribution in [0, 0.1) is 10.1 Å². The maximum absolute atomic E-state index is 10.6. The summed E-state index contributed by atoms with van der Waals surface area (Å²) in [6.07, 6.45) is 0. The van der Waals surface area contributed by atoms with Crippen LogP contribution >= 0.6 is 0 Å². The highest BCUT2D eigenvalue weighted by atomic mass is 16.6. The highest BCUT2D eigenvalue weighted by molar-refractivity contribution is 5.57. The largest absolute Gasteiger partial charge is 0.378 e. The Morgan fingerprint density at radius 1 is 1.50 bits per heavy atom. The predicted octanol–water partition coefficient (Wildman–Crippen LogP) is 1.32. The maximum atomic E-state index is 10.6. The van der Waals surface area contributed by atoms with E-state index in [0.717, 1.165) is 0 Å². The number of anilines is 2. The molecule has 0 saturated carbocycles. The summed E-state index contributed by atoms with van der Waals surface area (Å²) in [5.74, 6) is 0.459. The van der Waals surface area contributed by atoms with Crippen LogP contribution in [0.1, 0.15) is 13.8 Å². The summed E-state index contributed by atoms with van der Waals surface area (Å²) >= 11 is 0. The van der Waals surface area contributed by atoms with E-state index < -0.39 is 4.92 Å². The topological polar surface area (TPSA) is 97.3 Å². The number of nitrogens with one attached hydrogen (secondary N) is 1. The Balaban J connectivity index is 2.76. The van der Waals surface area contributed by atoms with Crippen LogP contribution in [0.5, 0.6) is 0 Å². The summed E-state index contributed by atoms with van der Waals surface area (Å²) in [5.41, 5.74) is 5.29. The number of hydrogen-bond acceptors (Lipinski definition) is 6. The summed E-state index contributed by atoms with van der Waals surface area (Å²) in [4.78, 5) is 16.1. The quantitative estimate of drug-likeness (QED) is 0.606. The Bertz CT molecular complexity index is 445. The molecule has 0 aliphatic heterocycles. The van der Waals surface area contributed by atoms with Gasteiger partial charge in [-0.05, 0) is 34.0 Å². The van der Waals surface area contributed by atoms with Crippen LogP contribution in [0.25, 0.3) is 0 Å². The Morgan fingerprint density at radius 2 is 2.11 bits per heavy atom. The molecular weight excluding hydrogens is 234 g/mol. The van der Waals surface area contributed by atoms with Gasteiger partial charge in [0.1, 0.15) is 5.82 Å². The SMILES string of the molecule is CN(C)C(C)(C)CNc1ccc([N+](=O)[O-])c(N)n1. The van der Waals surface area contributed by atoms with Crippen molar-refractivity contribution < 1.29 is 4.92 Å². The normalized spacial score (nSPS) is 11.6. The van der Waals surface area contributed by atoms with Gasteiger partial charge in [-0.1, -0.05) is 0 Å². The molecule has 100 valence electrons. The first kappa shape index (κ1) is 14.2. The maximum Gasteiger partial charge on any atom is 0.311 e. The molecule has 0 spiro atoms. The van der Waals surface area contributed by atoms with Gasteiger partial charge in [-0.2, -0.15) is 0 Å². The molecular formula is C11H19N5O2. The van der Waals surface area contributed by atoms with E-state index in [0.29, 0.717) is 12.4 Å². The van der Waals surface area contributed by atoms with E-state index in [1.165, 1.54) is 6.07 Å². The number of likely N-dealkylation sites (N-methyl/N-ethyl adjacent to an activating group) is 1. The number of nitrogens with zero attached hydrogens (tertiary/aromatic N) is 3. The number of nitrogens with two attached hydrogens (primary N) is 1. The fraction of sp³-hybridized carbons (Fsp3) is 0.545. The molecule has 0 radical (unpaired) electrons. The molecule has 0 fully saturated rings. The van der Waals surface area contributed by atoms with Crippen LogP contribution < -0.4 is 11.1 Å². The minimum absolute atomic E-state index is 0.0573. The Morgan fingerprint density at radius 3 is 2.56 bits per heavy atom. The Kier molecular flexibility index (Phi) is 4.07. The van der Waals surface area contributed by atoms with E-state index in [9.17, 15) is 10.1 Å². The summed E-state index contributed by atoms with van der Waals surface area (Å²) in [5, 5.41) is 13.7. The monoisotopic (exact) mass is 253 g/mol. The first-order valence-electron chi connectivity index (χ1n) is 5.56. The van der Waals surface area contributed by atoms with E-state index in [1.807, 2.05) is 14.1 Å². The minimum Gasteiger partial charge on any atom is -0.378 e.